The summed E-state index contributed by atoms with van der Waals surface area (Å²) >= 11 is 12.1. The Bertz CT molecular complexity index is 777. The van der Waals surface area contributed by atoms with Crippen LogP contribution >= 0.6 is 35.6 Å². The van der Waals surface area contributed by atoms with Crippen LogP contribution in [0, 0.1) is 0 Å². The third-order valence-electron chi connectivity index (χ3n) is 4.31. The molecule has 0 saturated heterocycles. The van der Waals surface area contributed by atoms with Crippen molar-refractivity contribution in [2.45, 2.75) is 39.5 Å². The topological polar surface area (TPSA) is 32.3 Å². The lowest BCUT2D eigenvalue weighted by atomic mass is 10.0. The van der Waals surface area contributed by atoms with Gasteiger partial charge in [-0.1, -0.05) is 35.3 Å². The molecule has 3 nitrogen and oxygen atoms in total. The summed E-state index contributed by atoms with van der Waals surface area (Å²) in [6, 6.07) is 11.5. The van der Waals surface area contributed by atoms with Gasteiger partial charge in [-0.05, 0) is 54.8 Å². The van der Waals surface area contributed by atoms with Gasteiger partial charge in [-0.25, -0.2) is 0 Å². The second-order valence-electron chi connectivity index (χ2n) is 6.36. The van der Waals surface area contributed by atoms with E-state index in [1.165, 1.54) is 11.1 Å². The molecule has 0 saturated carbocycles. The minimum Gasteiger partial charge on any atom is -0.332 e. The van der Waals surface area contributed by atoms with Crippen LogP contribution in [0.1, 0.15) is 40.9 Å². The van der Waals surface area contributed by atoms with Crippen LogP contribution in [-0.2, 0) is 19.6 Å². The van der Waals surface area contributed by atoms with Crippen LogP contribution in [-0.4, -0.2) is 16.8 Å². The van der Waals surface area contributed by atoms with Crippen molar-refractivity contribution in [2.24, 2.45) is 0 Å². The van der Waals surface area contributed by atoms with Crippen LogP contribution in [0.15, 0.2) is 36.4 Å². The SMILES string of the molecule is CC(C)N(Cc1ccc(Cl)c(Cl)c1)C(=O)c1ccc2c(c1)CNC2.Cl. The summed E-state index contributed by atoms with van der Waals surface area (Å²) in [6.07, 6.45) is 0. The van der Waals surface area contributed by atoms with Crippen LogP contribution in [0.2, 0.25) is 10.0 Å². The zero-order valence-corrected chi connectivity index (χ0v) is 16.5. The second-order valence-corrected chi connectivity index (χ2v) is 7.18. The molecular formula is C19H21Cl3N2O. The molecule has 0 bridgehead atoms. The van der Waals surface area contributed by atoms with Gasteiger partial charge in [-0.15, -0.1) is 12.4 Å². The first-order chi connectivity index (χ1) is 11.5. The molecule has 0 spiro atoms. The number of carbonyl (C=O) groups is 1. The van der Waals surface area contributed by atoms with Crippen molar-refractivity contribution < 1.29 is 4.79 Å². The molecule has 134 valence electrons. The summed E-state index contributed by atoms with van der Waals surface area (Å²) in [4.78, 5) is 14.8. The highest BCUT2D eigenvalue weighted by molar-refractivity contribution is 6.42. The summed E-state index contributed by atoms with van der Waals surface area (Å²) in [6.45, 7) is 6.24. The molecule has 1 amide bonds. The number of hydrogen-bond donors (Lipinski definition) is 1. The maximum Gasteiger partial charge on any atom is 0.254 e. The molecule has 0 aliphatic carbocycles. The Morgan fingerprint density at radius 3 is 2.48 bits per heavy atom. The summed E-state index contributed by atoms with van der Waals surface area (Å²) in [5.41, 5.74) is 4.17. The molecule has 0 radical (unpaired) electrons. The van der Waals surface area contributed by atoms with E-state index in [1.807, 2.05) is 49.1 Å². The van der Waals surface area contributed by atoms with Crippen molar-refractivity contribution in [3.8, 4) is 0 Å². The van der Waals surface area contributed by atoms with Gasteiger partial charge >= 0.3 is 0 Å². The Hall–Kier alpha value is -1.26. The quantitative estimate of drug-likeness (QED) is 0.778. The summed E-state index contributed by atoms with van der Waals surface area (Å²) in [5, 5.41) is 4.34. The Kier molecular flexibility index (Phi) is 6.75. The summed E-state index contributed by atoms with van der Waals surface area (Å²) in [7, 11) is 0. The van der Waals surface area contributed by atoms with E-state index < -0.39 is 0 Å². The average molecular weight is 400 g/mol. The predicted molar refractivity (Wildman–Crippen MR) is 106 cm³/mol. The van der Waals surface area contributed by atoms with Gasteiger partial charge in [-0.2, -0.15) is 0 Å². The molecule has 0 unspecified atom stereocenters. The fraction of sp³-hybridized carbons (Fsp3) is 0.316. The molecule has 0 aromatic heterocycles. The monoisotopic (exact) mass is 398 g/mol. The van der Waals surface area contributed by atoms with Crippen molar-refractivity contribution in [1.29, 1.82) is 0 Å². The standard InChI is InChI=1S/C19H20Cl2N2O.ClH/c1-12(2)23(11-13-3-6-17(20)18(21)7-13)19(24)14-4-5-15-9-22-10-16(15)8-14;/h3-8,12,22H,9-11H2,1-2H3;1H. The Balaban J connectivity index is 0.00000225. The fourth-order valence-corrected chi connectivity index (χ4v) is 3.24. The molecule has 25 heavy (non-hydrogen) atoms. The highest BCUT2D eigenvalue weighted by Crippen LogP contribution is 2.25. The lowest BCUT2D eigenvalue weighted by Gasteiger charge is -2.27. The molecule has 6 heteroatoms. The minimum atomic E-state index is 0. The number of fused-ring (bicyclic) bond motifs is 1. The van der Waals surface area contributed by atoms with Crippen LogP contribution in [0.3, 0.4) is 0 Å². The van der Waals surface area contributed by atoms with E-state index in [9.17, 15) is 4.79 Å². The Morgan fingerprint density at radius 2 is 1.80 bits per heavy atom. The smallest absolute Gasteiger partial charge is 0.254 e. The molecule has 1 N–H and O–H groups in total. The molecule has 1 heterocycles. The predicted octanol–water partition coefficient (Wildman–Crippen LogP) is 5.07. The van der Waals surface area contributed by atoms with E-state index in [0.29, 0.717) is 16.6 Å². The van der Waals surface area contributed by atoms with E-state index in [4.69, 9.17) is 23.2 Å². The van der Waals surface area contributed by atoms with Crippen molar-refractivity contribution in [3.05, 3.63) is 68.7 Å². The molecule has 3 rings (SSSR count). The summed E-state index contributed by atoms with van der Waals surface area (Å²) in [5.74, 6) is 0.0331. The van der Waals surface area contributed by atoms with E-state index in [0.717, 1.165) is 24.2 Å². The normalized spacial score (nSPS) is 12.7. The molecule has 0 fully saturated rings. The number of amides is 1. The maximum atomic E-state index is 13.0. The van der Waals surface area contributed by atoms with E-state index >= 15 is 0 Å². The van der Waals surface area contributed by atoms with Gasteiger partial charge in [0.25, 0.3) is 5.91 Å². The fourth-order valence-electron chi connectivity index (χ4n) is 2.92. The number of nitrogens with one attached hydrogen (secondary N) is 1. The van der Waals surface area contributed by atoms with Crippen molar-refractivity contribution in [2.75, 3.05) is 0 Å². The van der Waals surface area contributed by atoms with E-state index in [-0.39, 0.29) is 24.4 Å². The highest BCUT2D eigenvalue weighted by Gasteiger charge is 2.21. The number of nitrogens with zero attached hydrogens (tertiary/aromatic N) is 1. The van der Waals surface area contributed by atoms with E-state index in [2.05, 4.69) is 5.32 Å². The van der Waals surface area contributed by atoms with Crippen molar-refractivity contribution in [3.63, 3.8) is 0 Å². The van der Waals surface area contributed by atoms with Gasteiger partial charge in [0, 0.05) is 31.2 Å². The number of halogens is 3. The minimum absolute atomic E-state index is 0. The molecule has 2 aromatic carbocycles. The van der Waals surface area contributed by atoms with Crippen LogP contribution < -0.4 is 5.32 Å². The van der Waals surface area contributed by atoms with Crippen LogP contribution in [0.5, 0.6) is 0 Å². The van der Waals surface area contributed by atoms with E-state index in [1.54, 1.807) is 6.07 Å². The number of carbonyl (C=O) groups excluding carboxylic acids is 1. The van der Waals surface area contributed by atoms with Gasteiger partial charge in [-0.3, -0.25) is 4.79 Å². The molecule has 2 aromatic rings. The Morgan fingerprint density at radius 1 is 1.08 bits per heavy atom. The second kappa shape index (κ2) is 8.41. The van der Waals surface area contributed by atoms with Gasteiger partial charge in [0.15, 0.2) is 0 Å². The molecule has 1 aliphatic rings. The van der Waals surface area contributed by atoms with Gasteiger partial charge in [0.1, 0.15) is 0 Å². The third-order valence-corrected chi connectivity index (χ3v) is 5.04. The van der Waals surface area contributed by atoms with Crippen molar-refractivity contribution in [1.82, 2.24) is 10.2 Å². The van der Waals surface area contributed by atoms with Gasteiger partial charge < -0.3 is 10.2 Å². The average Bonchev–Trinajstić information content (AvgIpc) is 3.02. The van der Waals surface area contributed by atoms with Crippen LogP contribution in [0.25, 0.3) is 0 Å². The number of benzene rings is 2. The first-order valence-electron chi connectivity index (χ1n) is 8.03. The number of rotatable bonds is 4. The first-order valence-corrected chi connectivity index (χ1v) is 8.78. The number of hydrogen-bond acceptors (Lipinski definition) is 2. The zero-order valence-electron chi connectivity index (χ0n) is 14.2. The maximum absolute atomic E-state index is 13.0. The first kappa shape index (κ1) is 20.1. The Labute approximate surface area is 164 Å². The van der Waals surface area contributed by atoms with Crippen LogP contribution in [0.4, 0.5) is 0 Å². The lowest BCUT2D eigenvalue weighted by molar-refractivity contribution is 0.0690. The summed E-state index contributed by atoms with van der Waals surface area (Å²) < 4.78 is 0. The molecule has 1 aliphatic heterocycles. The third kappa shape index (κ3) is 4.48. The zero-order chi connectivity index (χ0) is 17.3. The van der Waals surface area contributed by atoms with Gasteiger partial charge in [0.05, 0.1) is 10.0 Å². The lowest BCUT2D eigenvalue weighted by Crippen LogP contribution is -2.36. The highest BCUT2D eigenvalue weighted by atomic mass is 35.5. The van der Waals surface area contributed by atoms with Crippen molar-refractivity contribution >= 4 is 41.5 Å². The van der Waals surface area contributed by atoms with Gasteiger partial charge in [0.2, 0.25) is 0 Å². The largest absolute Gasteiger partial charge is 0.332 e. The molecule has 0 atom stereocenters. The molecular weight excluding hydrogens is 379 g/mol.